The Balaban J connectivity index is 2.09. The summed E-state index contributed by atoms with van der Waals surface area (Å²) in [6.07, 6.45) is 2.22. The van der Waals surface area contributed by atoms with E-state index in [9.17, 15) is 4.39 Å². The molecule has 0 saturated heterocycles. The number of rotatable bonds is 2. The van der Waals surface area contributed by atoms with Gasteiger partial charge in [-0.3, -0.25) is 0 Å². The number of hydrogen-bond donors (Lipinski definition) is 1. The van der Waals surface area contributed by atoms with Gasteiger partial charge in [-0.2, -0.15) is 0 Å². The van der Waals surface area contributed by atoms with Gasteiger partial charge in [-0.15, -0.1) is 0 Å². The zero-order chi connectivity index (χ0) is 14.6. The molecule has 106 valence electrons. The molecular weight excluding hydrogens is 265 g/mol. The molecule has 0 radical (unpaired) electrons. The van der Waals surface area contributed by atoms with Crippen LogP contribution in [0.25, 0.3) is 22.4 Å². The SMILES string of the molecule is Cc1cccc(N)c1-c1nc2c(F)cccc2n1C1CC1. The van der Waals surface area contributed by atoms with Gasteiger partial charge >= 0.3 is 0 Å². The number of halogens is 1. The summed E-state index contributed by atoms with van der Waals surface area (Å²) < 4.78 is 16.2. The van der Waals surface area contributed by atoms with Crippen molar-refractivity contribution in [2.24, 2.45) is 0 Å². The lowest BCUT2D eigenvalue weighted by molar-refractivity contribution is 0.637. The molecule has 0 amide bonds. The Labute approximate surface area is 122 Å². The van der Waals surface area contributed by atoms with Crippen molar-refractivity contribution in [2.45, 2.75) is 25.8 Å². The number of aromatic nitrogens is 2. The molecule has 1 aromatic heterocycles. The zero-order valence-electron chi connectivity index (χ0n) is 11.8. The number of aryl methyl sites for hydroxylation is 1. The molecule has 4 rings (SSSR count). The number of nitrogen functional groups attached to an aromatic ring is 1. The highest BCUT2D eigenvalue weighted by molar-refractivity contribution is 5.85. The first-order chi connectivity index (χ1) is 10.2. The first kappa shape index (κ1) is 12.4. The van der Waals surface area contributed by atoms with Crippen molar-refractivity contribution in [1.82, 2.24) is 9.55 Å². The highest BCUT2D eigenvalue weighted by Gasteiger charge is 2.30. The van der Waals surface area contributed by atoms with Crippen molar-refractivity contribution in [3.05, 3.63) is 47.8 Å². The van der Waals surface area contributed by atoms with Crippen LogP contribution >= 0.6 is 0 Å². The maximum absolute atomic E-state index is 14.1. The summed E-state index contributed by atoms with van der Waals surface area (Å²) in [5, 5.41) is 0. The second-order valence-electron chi connectivity index (χ2n) is 5.68. The molecule has 1 saturated carbocycles. The first-order valence-electron chi connectivity index (χ1n) is 7.18. The molecular formula is C17H16FN3. The number of anilines is 1. The van der Waals surface area contributed by atoms with E-state index in [1.807, 2.05) is 31.2 Å². The lowest BCUT2D eigenvalue weighted by Gasteiger charge is -2.12. The maximum Gasteiger partial charge on any atom is 0.151 e. The van der Waals surface area contributed by atoms with Crippen LogP contribution in [0, 0.1) is 12.7 Å². The summed E-state index contributed by atoms with van der Waals surface area (Å²) in [5.74, 6) is 0.508. The van der Waals surface area contributed by atoms with Gasteiger partial charge in [0, 0.05) is 17.3 Å². The molecule has 3 aromatic rings. The third-order valence-corrected chi connectivity index (χ3v) is 4.11. The Bertz CT molecular complexity index is 826. The fourth-order valence-electron chi connectivity index (χ4n) is 2.96. The van der Waals surface area contributed by atoms with E-state index in [0.717, 1.165) is 35.3 Å². The normalized spacial score (nSPS) is 14.8. The number of nitrogens with zero attached hydrogens (tertiary/aromatic N) is 2. The average Bonchev–Trinajstić information content (AvgIpc) is 3.21. The first-order valence-corrected chi connectivity index (χ1v) is 7.18. The van der Waals surface area contributed by atoms with Crippen LogP contribution in [-0.2, 0) is 0 Å². The van der Waals surface area contributed by atoms with Gasteiger partial charge in [-0.25, -0.2) is 9.37 Å². The van der Waals surface area contributed by atoms with E-state index in [1.165, 1.54) is 6.07 Å². The fraction of sp³-hybridized carbons (Fsp3) is 0.235. The number of imidazole rings is 1. The van der Waals surface area contributed by atoms with Crippen LogP contribution in [0.2, 0.25) is 0 Å². The molecule has 2 aromatic carbocycles. The number of para-hydroxylation sites is 1. The van der Waals surface area contributed by atoms with Crippen LogP contribution in [0.5, 0.6) is 0 Å². The Kier molecular flexibility index (Phi) is 2.55. The van der Waals surface area contributed by atoms with E-state index in [2.05, 4.69) is 9.55 Å². The molecule has 0 bridgehead atoms. The largest absolute Gasteiger partial charge is 0.398 e. The van der Waals surface area contributed by atoms with Gasteiger partial charge in [-0.05, 0) is 43.5 Å². The van der Waals surface area contributed by atoms with Crippen LogP contribution in [0.4, 0.5) is 10.1 Å². The second-order valence-corrected chi connectivity index (χ2v) is 5.68. The molecule has 0 spiro atoms. The minimum absolute atomic E-state index is 0.277. The van der Waals surface area contributed by atoms with E-state index >= 15 is 0 Å². The van der Waals surface area contributed by atoms with Crippen molar-refractivity contribution < 1.29 is 4.39 Å². The van der Waals surface area contributed by atoms with Crippen molar-refractivity contribution in [3.8, 4) is 11.4 Å². The number of benzene rings is 2. The van der Waals surface area contributed by atoms with Crippen molar-refractivity contribution in [3.63, 3.8) is 0 Å². The molecule has 0 atom stereocenters. The standard InChI is InChI=1S/C17H16FN3/c1-10-4-2-6-13(19)15(10)17-20-16-12(18)5-3-7-14(16)21(17)11-8-9-11/h2-7,11H,8-9,19H2,1H3. The van der Waals surface area contributed by atoms with Gasteiger partial charge < -0.3 is 10.3 Å². The molecule has 1 aliphatic carbocycles. The topological polar surface area (TPSA) is 43.8 Å². The van der Waals surface area contributed by atoms with Crippen LogP contribution < -0.4 is 5.73 Å². The average molecular weight is 281 g/mol. The van der Waals surface area contributed by atoms with Crippen LogP contribution in [0.1, 0.15) is 24.4 Å². The maximum atomic E-state index is 14.1. The van der Waals surface area contributed by atoms with Gasteiger partial charge in [0.15, 0.2) is 5.82 Å². The van der Waals surface area contributed by atoms with Crippen LogP contribution in [0.3, 0.4) is 0 Å². The third-order valence-electron chi connectivity index (χ3n) is 4.11. The minimum Gasteiger partial charge on any atom is -0.398 e. The summed E-state index contributed by atoms with van der Waals surface area (Å²) in [6.45, 7) is 2.01. The van der Waals surface area contributed by atoms with Gasteiger partial charge in [0.1, 0.15) is 11.3 Å². The Hall–Kier alpha value is -2.36. The van der Waals surface area contributed by atoms with Gasteiger partial charge in [0.05, 0.1) is 5.52 Å². The molecule has 0 unspecified atom stereocenters. The highest BCUT2D eigenvalue weighted by Crippen LogP contribution is 2.43. The Morgan fingerprint density at radius 1 is 1.19 bits per heavy atom. The van der Waals surface area contributed by atoms with Crippen LogP contribution in [-0.4, -0.2) is 9.55 Å². The Morgan fingerprint density at radius 2 is 1.95 bits per heavy atom. The van der Waals surface area contributed by atoms with E-state index in [4.69, 9.17) is 5.73 Å². The second kappa shape index (κ2) is 4.32. The smallest absolute Gasteiger partial charge is 0.151 e. The zero-order valence-corrected chi connectivity index (χ0v) is 11.8. The van der Waals surface area contributed by atoms with Crippen molar-refractivity contribution in [1.29, 1.82) is 0 Å². The van der Waals surface area contributed by atoms with Crippen molar-refractivity contribution in [2.75, 3.05) is 5.73 Å². The van der Waals surface area contributed by atoms with E-state index in [0.29, 0.717) is 17.2 Å². The number of hydrogen-bond acceptors (Lipinski definition) is 2. The summed E-state index contributed by atoms with van der Waals surface area (Å²) in [7, 11) is 0. The van der Waals surface area contributed by atoms with Crippen molar-refractivity contribution >= 4 is 16.7 Å². The fourth-order valence-corrected chi connectivity index (χ4v) is 2.96. The van der Waals surface area contributed by atoms with Gasteiger partial charge in [-0.1, -0.05) is 18.2 Å². The molecule has 0 aliphatic heterocycles. The number of nitrogens with two attached hydrogens (primary N) is 1. The molecule has 1 heterocycles. The lowest BCUT2D eigenvalue weighted by Crippen LogP contribution is -2.01. The molecule has 4 heteroatoms. The Morgan fingerprint density at radius 3 is 2.67 bits per heavy atom. The summed E-state index contributed by atoms with van der Waals surface area (Å²) in [6, 6.07) is 11.3. The highest BCUT2D eigenvalue weighted by atomic mass is 19.1. The van der Waals surface area contributed by atoms with E-state index < -0.39 is 0 Å². The molecule has 1 fully saturated rings. The summed E-state index contributed by atoms with van der Waals surface area (Å²) in [4.78, 5) is 4.57. The lowest BCUT2D eigenvalue weighted by atomic mass is 10.1. The van der Waals surface area contributed by atoms with E-state index in [-0.39, 0.29) is 5.82 Å². The summed E-state index contributed by atoms with van der Waals surface area (Å²) >= 11 is 0. The predicted molar refractivity (Wildman–Crippen MR) is 82.5 cm³/mol. The quantitative estimate of drug-likeness (QED) is 0.720. The predicted octanol–water partition coefficient (Wildman–Crippen LogP) is 4.07. The molecule has 21 heavy (non-hydrogen) atoms. The minimum atomic E-state index is -0.277. The van der Waals surface area contributed by atoms with Gasteiger partial charge in [0.25, 0.3) is 0 Å². The monoisotopic (exact) mass is 281 g/mol. The van der Waals surface area contributed by atoms with Crippen LogP contribution in [0.15, 0.2) is 36.4 Å². The number of fused-ring (bicyclic) bond motifs is 1. The van der Waals surface area contributed by atoms with E-state index in [1.54, 1.807) is 6.07 Å². The molecule has 3 nitrogen and oxygen atoms in total. The molecule has 2 N–H and O–H groups in total. The van der Waals surface area contributed by atoms with Gasteiger partial charge in [0.2, 0.25) is 0 Å². The summed E-state index contributed by atoms with van der Waals surface area (Å²) in [5.41, 5.74) is 10.1. The third kappa shape index (κ3) is 1.82. The molecule has 1 aliphatic rings.